The highest BCUT2D eigenvalue weighted by molar-refractivity contribution is 4.76. The molecule has 0 aromatic heterocycles. The van der Waals surface area contributed by atoms with Gasteiger partial charge in [-0.25, -0.2) is 0 Å². The minimum Gasteiger partial charge on any atom is -0.385 e. The smallest absolute Gasteiger partial charge is 0.0462 e. The second-order valence-electron chi connectivity index (χ2n) is 5.70. The molecule has 1 saturated carbocycles. The standard InChI is InChI=1S/C15H30O/c1-4-6-14(7-5-12-16-3)15-10-8-13(2)9-11-15/h13-15H,4-12H2,1-3H3. The molecule has 16 heavy (non-hydrogen) atoms. The summed E-state index contributed by atoms with van der Waals surface area (Å²) in [5, 5.41) is 0. The van der Waals surface area contributed by atoms with Crippen LogP contribution in [-0.4, -0.2) is 13.7 Å². The lowest BCUT2D eigenvalue weighted by Gasteiger charge is -2.32. The number of methoxy groups -OCH3 is 1. The zero-order chi connectivity index (χ0) is 11.8. The summed E-state index contributed by atoms with van der Waals surface area (Å²) in [6, 6.07) is 0. The Labute approximate surface area is 102 Å². The van der Waals surface area contributed by atoms with Crippen molar-refractivity contribution in [3.63, 3.8) is 0 Å². The summed E-state index contributed by atoms with van der Waals surface area (Å²) in [5.74, 6) is 2.98. The summed E-state index contributed by atoms with van der Waals surface area (Å²) in [6.07, 6.45) is 11.3. The zero-order valence-corrected chi connectivity index (χ0v) is 11.5. The summed E-state index contributed by atoms with van der Waals surface area (Å²) in [5.41, 5.74) is 0. The van der Waals surface area contributed by atoms with E-state index < -0.39 is 0 Å². The molecule has 0 spiro atoms. The van der Waals surface area contributed by atoms with Crippen molar-refractivity contribution in [3.05, 3.63) is 0 Å². The Morgan fingerprint density at radius 1 is 1.12 bits per heavy atom. The van der Waals surface area contributed by atoms with Crippen LogP contribution in [0.2, 0.25) is 0 Å². The minimum absolute atomic E-state index is 0.948. The molecule has 1 fully saturated rings. The molecule has 1 rings (SSSR count). The maximum Gasteiger partial charge on any atom is 0.0462 e. The maximum absolute atomic E-state index is 5.17. The molecule has 1 aliphatic carbocycles. The molecule has 0 aliphatic heterocycles. The largest absolute Gasteiger partial charge is 0.385 e. The highest BCUT2D eigenvalue weighted by Crippen LogP contribution is 2.37. The van der Waals surface area contributed by atoms with Crippen molar-refractivity contribution in [3.8, 4) is 0 Å². The van der Waals surface area contributed by atoms with E-state index in [1.807, 2.05) is 7.11 Å². The Bertz CT molecular complexity index is 159. The van der Waals surface area contributed by atoms with Gasteiger partial charge < -0.3 is 4.74 Å². The van der Waals surface area contributed by atoms with Gasteiger partial charge in [-0.2, -0.15) is 0 Å². The van der Waals surface area contributed by atoms with Gasteiger partial charge in [0.05, 0.1) is 0 Å². The number of hydrogen-bond acceptors (Lipinski definition) is 1. The average molecular weight is 226 g/mol. The van der Waals surface area contributed by atoms with E-state index in [-0.39, 0.29) is 0 Å². The van der Waals surface area contributed by atoms with E-state index in [4.69, 9.17) is 4.74 Å². The lowest BCUT2D eigenvalue weighted by molar-refractivity contribution is 0.156. The van der Waals surface area contributed by atoms with Crippen LogP contribution in [0.4, 0.5) is 0 Å². The van der Waals surface area contributed by atoms with E-state index in [2.05, 4.69) is 13.8 Å². The van der Waals surface area contributed by atoms with Crippen LogP contribution in [0.3, 0.4) is 0 Å². The van der Waals surface area contributed by atoms with Crippen molar-refractivity contribution in [2.45, 2.75) is 65.2 Å². The summed E-state index contributed by atoms with van der Waals surface area (Å²) in [6.45, 7) is 5.69. The van der Waals surface area contributed by atoms with Gasteiger partial charge >= 0.3 is 0 Å². The van der Waals surface area contributed by atoms with Crippen molar-refractivity contribution >= 4 is 0 Å². The van der Waals surface area contributed by atoms with Crippen LogP contribution >= 0.6 is 0 Å². The van der Waals surface area contributed by atoms with Gasteiger partial charge in [-0.3, -0.25) is 0 Å². The lowest BCUT2D eigenvalue weighted by atomic mass is 9.73. The average Bonchev–Trinajstić information content (AvgIpc) is 2.29. The summed E-state index contributed by atoms with van der Waals surface area (Å²) < 4.78 is 5.17. The molecule has 0 aromatic rings. The molecule has 0 bridgehead atoms. The van der Waals surface area contributed by atoms with Crippen LogP contribution in [0.25, 0.3) is 0 Å². The van der Waals surface area contributed by atoms with E-state index in [9.17, 15) is 0 Å². The van der Waals surface area contributed by atoms with Gasteiger partial charge in [0.25, 0.3) is 0 Å². The molecule has 0 amide bonds. The molecule has 1 nitrogen and oxygen atoms in total. The van der Waals surface area contributed by atoms with Crippen LogP contribution < -0.4 is 0 Å². The van der Waals surface area contributed by atoms with E-state index in [0.29, 0.717) is 0 Å². The monoisotopic (exact) mass is 226 g/mol. The van der Waals surface area contributed by atoms with Crippen LogP contribution in [0.5, 0.6) is 0 Å². The quantitative estimate of drug-likeness (QED) is 0.574. The maximum atomic E-state index is 5.17. The molecule has 96 valence electrons. The highest BCUT2D eigenvalue weighted by atomic mass is 16.5. The minimum atomic E-state index is 0.948. The van der Waals surface area contributed by atoms with E-state index >= 15 is 0 Å². The Morgan fingerprint density at radius 2 is 1.81 bits per heavy atom. The Kier molecular flexibility index (Phi) is 7.11. The van der Waals surface area contributed by atoms with E-state index in [0.717, 1.165) is 24.4 Å². The third kappa shape index (κ3) is 4.86. The molecule has 1 aliphatic rings. The molecule has 0 aromatic carbocycles. The number of hydrogen-bond donors (Lipinski definition) is 0. The number of ether oxygens (including phenoxy) is 1. The predicted octanol–water partition coefficient (Wildman–Crippen LogP) is 4.66. The third-order valence-corrected chi connectivity index (χ3v) is 4.31. The predicted molar refractivity (Wildman–Crippen MR) is 70.6 cm³/mol. The van der Waals surface area contributed by atoms with Gasteiger partial charge in [-0.05, 0) is 43.4 Å². The van der Waals surface area contributed by atoms with Crippen LogP contribution in [-0.2, 0) is 4.74 Å². The summed E-state index contributed by atoms with van der Waals surface area (Å²) in [4.78, 5) is 0. The molecule has 0 radical (unpaired) electrons. The van der Waals surface area contributed by atoms with E-state index in [1.165, 1.54) is 51.4 Å². The normalized spacial score (nSPS) is 27.9. The van der Waals surface area contributed by atoms with Gasteiger partial charge in [0.15, 0.2) is 0 Å². The van der Waals surface area contributed by atoms with Crippen molar-refractivity contribution in [2.75, 3.05) is 13.7 Å². The Balaban J connectivity index is 2.30. The second kappa shape index (κ2) is 8.11. The van der Waals surface area contributed by atoms with Crippen molar-refractivity contribution in [1.82, 2.24) is 0 Å². The van der Waals surface area contributed by atoms with Gasteiger partial charge in [-0.15, -0.1) is 0 Å². The highest BCUT2D eigenvalue weighted by Gasteiger charge is 2.24. The molecule has 0 saturated heterocycles. The fourth-order valence-electron chi connectivity index (χ4n) is 3.23. The Morgan fingerprint density at radius 3 is 2.38 bits per heavy atom. The van der Waals surface area contributed by atoms with Crippen molar-refractivity contribution in [2.24, 2.45) is 17.8 Å². The van der Waals surface area contributed by atoms with Crippen molar-refractivity contribution in [1.29, 1.82) is 0 Å². The van der Waals surface area contributed by atoms with Gasteiger partial charge in [0, 0.05) is 13.7 Å². The van der Waals surface area contributed by atoms with E-state index in [1.54, 1.807) is 0 Å². The zero-order valence-electron chi connectivity index (χ0n) is 11.5. The van der Waals surface area contributed by atoms with Crippen LogP contribution in [0.1, 0.15) is 65.2 Å². The lowest BCUT2D eigenvalue weighted by Crippen LogP contribution is -2.21. The Hall–Kier alpha value is -0.0400. The summed E-state index contributed by atoms with van der Waals surface area (Å²) >= 11 is 0. The first-order valence-corrected chi connectivity index (χ1v) is 7.26. The molecule has 1 heteroatoms. The molecular weight excluding hydrogens is 196 g/mol. The fraction of sp³-hybridized carbons (Fsp3) is 1.00. The van der Waals surface area contributed by atoms with Crippen LogP contribution in [0.15, 0.2) is 0 Å². The van der Waals surface area contributed by atoms with Crippen molar-refractivity contribution < 1.29 is 4.74 Å². The SMILES string of the molecule is CCCC(CCCOC)C1CCC(C)CC1. The number of rotatable bonds is 7. The first-order valence-electron chi connectivity index (χ1n) is 7.26. The topological polar surface area (TPSA) is 9.23 Å². The first kappa shape index (κ1) is 14.0. The van der Waals surface area contributed by atoms with Gasteiger partial charge in [0.1, 0.15) is 0 Å². The first-order chi connectivity index (χ1) is 7.77. The van der Waals surface area contributed by atoms with Gasteiger partial charge in [0.2, 0.25) is 0 Å². The molecule has 0 heterocycles. The summed E-state index contributed by atoms with van der Waals surface area (Å²) in [7, 11) is 1.82. The van der Waals surface area contributed by atoms with Gasteiger partial charge in [-0.1, -0.05) is 39.5 Å². The van der Waals surface area contributed by atoms with Crippen LogP contribution in [0, 0.1) is 17.8 Å². The molecule has 1 unspecified atom stereocenters. The second-order valence-corrected chi connectivity index (χ2v) is 5.70. The molecule has 0 N–H and O–H groups in total. The fourth-order valence-corrected chi connectivity index (χ4v) is 3.23. The third-order valence-electron chi connectivity index (χ3n) is 4.31. The molecular formula is C15H30O. The molecule has 1 atom stereocenters.